The predicted molar refractivity (Wildman–Crippen MR) is 182 cm³/mol. The first-order chi connectivity index (χ1) is 22.9. The van der Waals surface area contributed by atoms with E-state index in [0.717, 1.165) is 53.9 Å². The molecule has 1 N–H and O–H groups in total. The Labute approximate surface area is 280 Å². The SMILES string of the molecule is Cc1csc([C@H]2CCCN2C(=O)c2cc(CF)cc(C(=O)C[C@H](Cc3ccccc3)[C@H](O)[C@@H]3CC[C@H](OCc4ccccc4)C3)c2)n1. The van der Waals surface area contributed by atoms with E-state index in [9.17, 15) is 19.1 Å². The van der Waals surface area contributed by atoms with Gasteiger partial charge in [0.2, 0.25) is 0 Å². The van der Waals surface area contributed by atoms with Crippen LogP contribution >= 0.6 is 11.3 Å². The van der Waals surface area contributed by atoms with E-state index in [4.69, 9.17) is 4.74 Å². The molecule has 1 aliphatic heterocycles. The van der Waals surface area contributed by atoms with Gasteiger partial charge >= 0.3 is 0 Å². The van der Waals surface area contributed by atoms with Crippen molar-refractivity contribution in [2.75, 3.05) is 6.54 Å². The minimum absolute atomic E-state index is 0.00759. The summed E-state index contributed by atoms with van der Waals surface area (Å²) in [6.07, 6.45) is 4.09. The van der Waals surface area contributed by atoms with Gasteiger partial charge in [0.05, 0.1) is 24.9 Å². The molecule has 2 heterocycles. The number of thiazole rings is 1. The van der Waals surface area contributed by atoms with E-state index >= 15 is 0 Å². The Balaban J connectivity index is 1.18. The third-order valence-corrected chi connectivity index (χ3v) is 10.7. The van der Waals surface area contributed by atoms with E-state index in [1.54, 1.807) is 29.5 Å². The van der Waals surface area contributed by atoms with Crippen LogP contribution in [-0.2, 0) is 24.4 Å². The molecule has 4 aromatic rings. The van der Waals surface area contributed by atoms with Crippen molar-refractivity contribution < 1.29 is 23.8 Å². The van der Waals surface area contributed by atoms with Crippen LogP contribution < -0.4 is 0 Å². The number of ether oxygens (including phenoxy) is 1. The van der Waals surface area contributed by atoms with Crippen LogP contribution in [0.25, 0.3) is 0 Å². The fourth-order valence-corrected chi connectivity index (χ4v) is 8.15. The lowest BCUT2D eigenvalue weighted by Crippen LogP contribution is -2.32. The van der Waals surface area contributed by atoms with Crippen LogP contribution in [0.15, 0.2) is 84.2 Å². The second-order valence-corrected chi connectivity index (χ2v) is 14.0. The molecule has 6 rings (SSSR count). The number of ketones is 1. The summed E-state index contributed by atoms with van der Waals surface area (Å²) >= 11 is 1.55. The number of carbonyl (C=O) groups is 2. The Kier molecular flexibility index (Phi) is 10.9. The zero-order valence-corrected chi connectivity index (χ0v) is 27.7. The number of rotatable bonds is 13. The highest BCUT2D eigenvalue weighted by molar-refractivity contribution is 7.09. The summed E-state index contributed by atoms with van der Waals surface area (Å²) in [5, 5.41) is 14.7. The lowest BCUT2D eigenvalue weighted by atomic mass is 9.81. The molecule has 0 spiro atoms. The summed E-state index contributed by atoms with van der Waals surface area (Å²) in [4.78, 5) is 34.2. The Morgan fingerprint density at radius 2 is 1.70 bits per heavy atom. The molecule has 5 atom stereocenters. The lowest BCUT2D eigenvalue weighted by Gasteiger charge is -2.28. The number of amides is 1. The van der Waals surface area contributed by atoms with Crippen molar-refractivity contribution in [3.05, 3.63) is 123 Å². The van der Waals surface area contributed by atoms with Crippen molar-refractivity contribution in [1.29, 1.82) is 0 Å². The highest BCUT2D eigenvalue weighted by Gasteiger charge is 2.36. The Morgan fingerprint density at radius 1 is 0.979 bits per heavy atom. The Hall–Kier alpha value is -3.72. The van der Waals surface area contributed by atoms with Crippen LogP contribution in [0.4, 0.5) is 4.39 Å². The minimum atomic E-state index is -0.779. The van der Waals surface area contributed by atoms with E-state index in [1.165, 1.54) is 0 Å². The number of halogens is 1. The molecule has 2 aliphatic rings. The number of hydrogen-bond donors (Lipinski definition) is 1. The van der Waals surface area contributed by atoms with Crippen molar-refractivity contribution in [1.82, 2.24) is 9.88 Å². The highest BCUT2D eigenvalue weighted by Crippen LogP contribution is 2.37. The first-order valence-corrected chi connectivity index (χ1v) is 17.6. The van der Waals surface area contributed by atoms with Crippen LogP contribution in [0, 0.1) is 18.8 Å². The van der Waals surface area contributed by atoms with E-state index in [-0.39, 0.29) is 42.1 Å². The van der Waals surface area contributed by atoms with E-state index in [0.29, 0.717) is 36.3 Å². The average Bonchev–Trinajstić information content (AvgIpc) is 3.88. The predicted octanol–water partition coefficient (Wildman–Crippen LogP) is 8.08. The third-order valence-electron chi connectivity index (χ3n) is 9.66. The fraction of sp³-hybridized carbons (Fsp3) is 0.410. The largest absolute Gasteiger partial charge is 0.393 e. The van der Waals surface area contributed by atoms with Crippen molar-refractivity contribution in [2.24, 2.45) is 11.8 Å². The zero-order chi connectivity index (χ0) is 32.8. The first-order valence-electron chi connectivity index (χ1n) is 16.7. The monoisotopic (exact) mass is 654 g/mol. The van der Waals surface area contributed by atoms with E-state index in [1.807, 2.05) is 77.9 Å². The molecule has 1 amide bonds. The van der Waals surface area contributed by atoms with Gasteiger partial charge in [-0.15, -0.1) is 11.3 Å². The molecule has 1 saturated heterocycles. The van der Waals surface area contributed by atoms with Gasteiger partial charge < -0.3 is 14.7 Å². The van der Waals surface area contributed by atoms with Gasteiger partial charge in [-0.1, -0.05) is 60.7 Å². The standard InChI is InChI=1S/C39H43FN2O4S/c1-26-25-47-38(41-26)35-13-8-16-42(35)39(45)33-19-29(23-40)18-31(20-33)36(43)22-32(17-27-9-4-2-5-10-27)37(44)30-14-15-34(21-30)46-24-28-11-6-3-7-12-28/h2-7,9-12,18-20,25,30,32,34-35,37,44H,8,13-17,21-24H2,1H3/t30-,32+,34+,35-,37-/m1/s1. The molecule has 1 aliphatic carbocycles. The van der Waals surface area contributed by atoms with Gasteiger partial charge in [0.1, 0.15) is 11.7 Å². The molecule has 0 bridgehead atoms. The number of aliphatic hydroxyl groups is 1. The van der Waals surface area contributed by atoms with Crippen molar-refractivity contribution in [3.8, 4) is 0 Å². The maximum absolute atomic E-state index is 14.1. The second-order valence-electron chi connectivity index (χ2n) is 13.1. The Bertz CT molecular complexity index is 1650. The van der Waals surface area contributed by atoms with Crippen molar-refractivity contribution >= 4 is 23.0 Å². The van der Waals surface area contributed by atoms with Crippen molar-refractivity contribution in [3.63, 3.8) is 0 Å². The first kappa shape index (κ1) is 33.2. The molecule has 0 radical (unpaired) electrons. The number of hydrogen-bond acceptors (Lipinski definition) is 6. The zero-order valence-electron chi connectivity index (χ0n) is 26.9. The summed E-state index contributed by atoms with van der Waals surface area (Å²) in [6, 6.07) is 24.6. The summed E-state index contributed by atoms with van der Waals surface area (Å²) in [5.74, 6) is -0.740. The van der Waals surface area contributed by atoms with E-state index in [2.05, 4.69) is 4.98 Å². The molecule has 1 aromatic heterocycles. The van der Waals surface area contributed by atoms with Gasteiger partial charge in [-0.25, -0.2) is 9.37 Å². The number of alkyl halides is 1. The summed E-state index contributed by atoms with van der Waals surface area (Å²) < 4.78 is 20.3. The Morgan fingerprint density at radius 3 is 2.40 bits per heavy atom. The number of aromatic nitrogens is 1. The van der Waals surface area contributed by atoms with Crippen LogP contribution in [0.3, 0.4) is 0 Å². The van der Waals surface area contributed by atoms with Crippen LogP contribution in [0.1, 0.15) is 92.7 Å². The molecule has 3 aromatic carbocycles. The van der Waals surface area contributed by atoms with Crippen LogP contribution in [0.5, 0.6) is 0 Å². The number of aryl methyl sites for hydroxylation is 1. The highest BCUT2D eigenvalue weighted by atomic mass is 32.1. The smallest absolute Gasteiger partial charge is 0.254 e. The summed E-state index contributed by atoms with van der Waals surface area (Å²) in [6.45, 7) is 2.29. The number of Topliss-reactive ketones (excluding diaryl/α,β-unsaturated/α-hetero) is 1. The molecule has 246 valence electrons. The number of nitrogens with zero attached hydrogens (tertiary/aromatic N) is 2. The topological polar surface area (TPSA) is 79.7 Å². The number of aliphatic hydroxyl groups excluding tert-OH is 1. The van der Waals surface area contributed by atoms with Gasteiger partial charge in [-0.2, -0.15) is 0 Å². The van der Waals surface area contributed by atoms with Gasteiger partial charge in [0.25, 0.3) is 5.91 Å². The van der Waals surface area contributed by atoms with Crippen molar-refractivity contribution in [2.45, 2.75) is 83.4 Å². The number of likely N-dealkylation sites (tertiary alicyclic amines) is 1. The molecule has 1 saturated carbocycles. The molecule has 0 unspecified atom stereocenters. The maximum Gasteiger partial charge on any atom is 0.254 e. The lowest BCUT2D eigenvalue weighted by molar-refractivity contribution is 0.0184. The molecular formula is C39H43FN2O4S. The minimum Gasteiger partial charge on any atom is -0.393 e. The fourth-order valence-electron chi connectivity index (χ4n) is 7.21. The molecule has 8 heteroatoms. The maximum atomic E-state index is 14.1. The molecular weight excluding hydrogens is 612 g/mol. The summed E-state index contributed by atoms with van der Waals surface area (Å²) in [5.41, 5.74) is 4.02. The molecule has 2 fully saturated rings. The third kappa shape index (κ3) is 8.23. The number of carbonyl (C=O) groups excluding carboxylic acids is 2. The molecule has 6 nitrogen and oxygen atoms in total. The van der Waals surface area contributed by atoms with Gasteiger partial charge in [-0.05, 0) is 92.2 Å². The van der Waals surface area contributed by atoms with Gasteiger partial charge in [-0.3, -0.25) is 9.59 Å². The van der Waals surface area contributed by atoms with Gasteiger partial charge in [0.15, 0.2) is 5.78 Å². The second kappa shape index (κ2) is 15.5. The average molecular weight is 655 g/mol. The number of benzene rings is 3. The summed E-state index contributed by atoms with van der Waals surface area (Å²) in [7, 11) is 0. The van der Waals surface area contributed by atoms with E-state index < -0.39 is 12.8 Å². The van der Waals surface area contributed by atoms with Crippen LogP contribution in [0.2, 0.25) is 0 Å². The van der Waals surface area contributed by atoms with Gasteiger partial charge in [0, 0.05) is 35.2 Å². The molecule has 47 heavy (non-hydrogen) atoms. The normalized spacial score (nSPS) is 20.7. The quantitative estimate of drug-likeness (QED) is 0.148. The van der Waals surface area contributed by atoms with Crippen LogP contribution in [-0.4, -0.2) is 45.4 Å².